The van der Waals surface area contributed by atoms with Crippen LogP contribution in [0.15, 0.2) is 24.5 Å². The molecule has 1 aromatic heterocycles. The third-order valence-corrected chi connectivity index (χ3v) is 2.63. The molecular formula is C13H14F2N4. The van der Waals surface area contributed by atoms with Crippen molar-refractivity contribution in [3.63, 3.8) is 0 Å². The van der Waals surface area contributed by atoms with Gasteiger partial charge < -0.3 is 10.6 Å². The maximum atomic E-state index is 13.6. The molecule has 1 aromatic carbocycles. The lowest BCUT2D eigenvalue weighted by molar-refractivity contribution is 0.590. The Bertz CT molecular complexity index is 567. The van der Waals surface area contributed by atoms with Crippen LogP contribution in [0.25, 0.3) is 0 Å². The van der Waals surface area contributed by atoms with Crippen molar-refractivity contribution in [2.45, 2.75) is 13.8 Å². The van der Waals surface area contributed by atoms with Gasteiger partial charge in [-0.2, -0.15) is 0 Å². The molecule has 0 aliphatic heterocycles. The van der Waals surface area contributed by atoms with E-state index < -0.39 is 11.6 Å². The van der Waals surface area contributed by atoms with Crippen molar-refractivity contribution in [1.29, 1.82) is 0 Å². The van der Waals surface area contributed by atoms with Gasteiger partial charge in [0.2, 0.25) is 0 Å². The standard InChI is InChI=1S/C13H14F2N4/c1-3-16-12-8(2)13(18-7-17-12)19-11-9(14)5-4-6-10(11)15/h4-7H,3H2,1-2H3,(H2,16,17,18,19). The zero-order valence-corrected chi connectivity index (χ0v) is 10.7. The number of hydrogen-bond donors (Lipinski definition) is 2. The molecule has 19 heavy (non-hydrogen) atoms. The number of rotatable bonds is 4. The first-order chi connectivity index (χ1) is 9.13. The molecule has 0 saturated carbocycles. The predicted octanol–water partition coefficient (Wildman–Crippen LogP) is 3.24. The molecule has 0 amide bonds. The Hall–Kier alpha value is -2.24. The van der Waals surface area contributed by atoms with Gasteiger partial charge in [-0.05, 0) is 26.0 Å². The van der Waals surface area contributed by atoms with Gasteiger partial charge in [0, 0.05) is 12.1 Å². The summed E-state index contributed by atoms with van der Waals surface area (Å²) in [6, 6.07) is 3.69. The van der Waals surface area contributed by atoms with Crippen molar-refractivity contribution in [3.05, 3.63) is 41.7 Å². The van der Waals surface area contributed by atoms with Crippen LogP contribution < -0.4 is 10.6 Å². The second-order valence-corrected chi connectivity index (χ2v) is 3.95. The molecule has 100 valence electrons. The number of benzene rings is 1. The molecule has 0 atom stereocenters. The summed E-state index contributed by atoms with van der Waals surface area (Å²) in [6.07, 6.45) is 1.34. The van der Waals surface area contributed by atoms with Crippen LogP contribution in [-0.4, -0.2) is 16.5 Å². The van der Waals surface area contributed by atoms with Gasteiger partial charge in [0.15, 0.2) is 0 Å². The number of nitrogens with one attached hydrogen (secondary N) is 2. The van der Waals surface area contributed by atoms with E-state index in [1.54, 1.807) is 6.92 Å². The van der Waals surface area contributed by atoms with E-state index in [9.17, 15) is 8.78 Å². The summed E-state index contributed by atoms with van der Waals surface area (Å²) in [6.45, 7) is 4.41. The average Bonchev–Trinajstić information content (AvgIpc) is 2.38. The average molecular weight is 264 g/mol. The maximum absolute atomic E-state index is 13.6. The molecule has 0 bridgehead atoms. The van der Waals surface area contributed by atoms with Gasteiger partial charge in [0.1, 0.15) is 35.3 Å². The number of anilines is 3. The molecule has 4 nitrogen and oxygen atoms in total. The lowest BCUT2D eigenvalue weighted by atomic mass is 10.2. The number of halogens is 2. The largest absolute Gasteiger partial charge is 0.370 e. The Kier molecular flexibility index (Phi) is 3.89. The van der Waals surface area contributed by atoms with Crippen molar-refractivity contribution in [3.8, 4) is 0 Å². The minimum Gasteiger partial charge on any atom is -0.370 e. The monoisotopic (exact) mass is 264 g/mol. The predicted molar refractivity (Wildman–Crippen MR) is 70.6 cm³/mol. The molecule has 0 unspecified atom stereocenters. The minimum atomic E-state index is -0.664. The van der Waals surface area contributed by atoms with E-state index in [4.69, 9.17) is 0 Å². The second kappa shape index (κ2) is 5.60. The van der Waals surface area contributed by atoms with Crippen LogP contribution >= 0.6 is 0 Å². The molecule has 0 aliphatic rings. The highest BCUT2D eigenvalue weighted by atomic mass is 19.1. The third kappa shape index (κ3) is 2.78. The zero-order chi connectivity index (χ0) is 13.8. The molecule has 2 N–H and O–H groups in total. The summed E-state index contributed by atoms with van der Waals surface area (Å²) in [7, 11) is 0. The quantitative estimate of drug-likeness (QED) is 0.890. The van der Waals surface area contributed by atoms with Gasteiger partial charge >= 0.3 is 0 Å². The first-order valence-electron chi connectivity index (χ1n) is 5.90. The third-order valence-electron chi connectivity index (χ3n) is 2.63. The Labute approximate surface area is 109 Å². The molecule has 2 rings (SSSR count). The molecule has 0 radical (unpaired) electrons. The zero-order valence-electron chi connectivity index (χ0n) is 10.7. The molecule has 0 aliphatic carbocycles. The van der Waals surface area contributed by atoms with E-state index in [-0.39, 0.29) is 5.69 Å². The fourth-order valence-corrected chi connectivity index (χ4v) is 1.66. The van der Waals surface area contributed by atoms with Crippen molar-refractivity contribution >= 4 is 17.3 Å². The Morgan fingerprint density at radius 3 is 2.37 bits per heavy atom. The lowest BCUT2D eigenvalue weighted by Crippen LogP contribution is -2.06. The van der Waals surface area contributed by atoms with E-state index >= 15 is 0 Å². The van der Waals surface area contributed by atoms with Gasteiger partial charge in [0.25, 0.3) is 0 Å². The summed E-state index contributed by atoms with van der Waals surface area (Å²) >= 11 is 0. The van der Waals surface area contributed by atoms with Crippen LogP contribution in [-0.2, 0) is 0 Å². The smallest absolute Gasteiger partial charge is 0.149 e. The highest BCUT2D eigenvalue weighted by Gasteiger charge is 2.12. The first kappa shape index (κ1) is 13.2. The number of nitrogens with zero attached hydrogens (tertiary/aromatic N) is 2. The van der Waals surface area contributed by atoms with Gasteiger partial charge in [-0.25, -0.2) is 18.7 Å². The Balaban J connectivity index is 2.36. The van der Waals surface area contributed by atoms with E-state index in [1.165, 1.54) is 24.5 Å². The molecule has 6 heteroatoms. The fourth-order valence-electron chi connectivity index (χ4n) is 1.66. The number of para-hydroxylation sites is 1. The van der Waals surface area contributed by atoms with E-state index in [0.29, 0.717) is 23.7 Å². The van der Waals surface area contributed by atoms with Gasteiger partial charge in [-0.15, -0.1) is 0 Å². The summed E-state index contributed by atoms with van der Waals surface area (Å²) in [4.78, 5) is 8.07. The van der Waals surface area contributed by atoms with Crippen LogP contribution in [0.2, 0.25) is 0 Å². The van der Waals surface area contributed by atoms with Crippen molar-refractivity contribution in [2.75, 3.05) is 17.2 Å². The summed E-state index contributed by atoms with van der Waals surface area (Å²) in [5, 5.41) is 5.72. The van der Waals surface area contributed by atoms with Crippen LogP contribution in [0.3, 0.4) is 0 Å². The Morgan fingerprint density at radius 1 is 1.11 bits per heavy atom. The highest BCUT2D eigenvalue weighted by molar-refractivity contribution is 5.64. The van der Waals surface area contributed by atoms with Crippen molar-refractivity contribution in [1.82, 2.24) is 9.97 Å². The summed E-state index contributed by atoms with van der Waals surface area (Å²) < 4.78 is 27.1. The lowest BCUT2D eigenvalue weighted by Gasteiger charge is -2.12. The SMILES string of the molecule is CCNc1ncnc(Nc2c(F)cccc2F)c1C. The summed E-state index contributed by atoms with van der Waals surface area (Å²) in [5.41, 5.74) is 0.485. The topological polar surface area (TPSA) is 49.8 Å². The Morgan fingerprint density at radius 2 is 1.74 bits per heavy atom. The summed E-state index contributed by atoms with van der Waals surface area (Å²) in [5.74, 6) is -0.322. The van der Waals surface area contributed by atoms with Gasteiger partial charge in [-0.1, -0.05) is 6.07 Å². The fraction of sp³-hybridized carbons (Fsp3) is 0.231. The van der Waals surface area contributed by atoms with Gasteiger partial charge in [0.05, 0.1) is 0 Å². The molecule has 2 aromatic rings. The van der Waals surface area contributed by atoms with Gasteiger partial charge in [-0.3, -0.25) is 0 Å². The number of aromatic nitrogens is 2. The van der Waals surface area contributed by atoms with Crippen molar-refractivity contribution < 1.29 is 8.78 Å². The van der Waals surface area contributed by atoms with E-state index in [2.05, 4.69) is 20.6 Å². The van der Waals surface area contributed by atoms with Crippen LogP contribution in [0.4, 0.5) is 26.1 Å². The normalized spacial score (nSPS) is 10.3. The molecule has 0 saturated heterocycles. The molecule has 0 spiro atoms. The maximum Gasteiger partial charge on any atom is 0.149 e. The number of hydrogen-bond acceptors (Lipinski definition) is 4. The van der Waals surface area contributed by atoms with Crippen LogP contribution in [0, 0.1) is 18.6 Å². The van der Waals surface area contributed by atoms with E-state index in [0.717, 1.165) is 0 Å². The first-order valence-corrected chi connectivity index (χ1v) is 5.90. The highest BCUT2D eigenvalue weighted by Crippen LogP contribution is 2.25. The van der Waals surface area contributed by atoms with Crippen molar-refractivity contribution in [2.24, 2.45) is 0 Å². The van der Waals surface area contributed by atoms with Crippen LogP contribution in [0.5, 0.6) is 0 Å². The molecule has 0 fully saturated rings. The minimum absolute atomic E-state index is 0.216. The molecular weight excluding hydrogens is 250 g/mol. The second-order valence-electron chi connectivity index (χ2n) is 3.95. The van der Waals surface area contributed by atoms with Crippen LogP contribution in [0.1, 0.15) is 12.5 Å². The molecule has 1 heterocycles. The van der Waals surface area contributed by atoms with E-state index in [1.807, 2.05) is 6.92 Å².